The van der Waals surface area contributed by atoms with Crippen LogP contribution in [0.1, 0.15) is 0 Å². The van der Waals surface area contributed by atoms with Gasteiger partial charge in [-0.2, -0.15) is 10.1 Å². The average Bonchev–Trinajstić information content (AvgIpc) is 3.18. The third kappa shape index (κ3) is 3.39. The van der Waals surface area contributed by atoms with E-state index in [-0.39, 0.29) is 28.4 Å². The minimum atomic E-state index is -0.475. The van der Waals surface area contributed by atoms with Crippen molar-refractivity contribution < 1.29 is 8.91 Å². The Kier molecular flexibility index (Phi) is 4.55. The topological polar surface area (TPSA) is 73.8 Å². The lowest BCUT2D eigenvalue weighted by atomic mass is 10.2. The molecule has 8 heteroatoms. The standard InChI is InChI=1S/C19H13FN4O2S/c1-27-13-6-4-5-12(11-13)24-10-9-16(25)17(22-24)19-21-18(23-26-19)14-7-2-3-8-15(14)20/h2-11H,1H3. The first-order valence-electron chi connectivity index (χ1n) is 7.99. The van der Waals surface area contributed by atoms with Gasteiger partial charge in [0.2, 0.25) is 11.3 Å². The molecule has 2 aromatic carbocycles. The lowest BCUT2D eigenvalue weighted by Gasteiger charge is -2.07. The highest BCUT2D eigenvalue weighted by Gasteiger charge is 2.17. The van der Waals surface area contributed by atoms with Crippen LogP contribution in [0.3, 0.4) is 0 Å². The van der Waals surface area contributed by atoms with Crippen molar-refractivity contribution in [2.75, 3.05) is 6.26 Å². The molecule has 0 saturated heterocycles. The van der Waals surface area contributed by atoms with E-state index in [1.165, 1.54) is 18.2 Å². The molecule has 0 atom stereocenters. The molecule has 0 aliphatic rings. The van der Waals surface area contributed by atoms with Crippen molar-refractivity contribution in [2.45, 2.75) is 4.90 Å². The summed E-state index contributed by atoms with van der Waals surface area (Å²) in [7, 11) is 0. The molecule has 0 aliphatic heterocycles. The summed E-state index contributed by atoms with van der Waals surface area (Å²) in [6, 6.07) is 15.2. The first-order chi connectivity index (χ1) is 13.2. The van der Waals surface area contributed by atoms with Crippen molar-refractivity contribution >= 4 is 11.8 Å². The third-order valence-electron chi connectivity index (χ3n) is 3.87. The van der Waals surface area contributed by atoms with Gasteiger partial charge in [-0.05, 0) is 36.6 Å². The summed E-state index contributed by atoms with van der Waals surface area (Å²) >= 11 is 1.60. The van der Waals surface area contributed by atoms with E-state index in [4.69, 9.17) is 4.52 Å². The Hall–Kier alpha value is -3.26. The number of halogens is 1. The summed E-state index contributed by atoms with van der Waals surface area (Å²) in [6.45, 7) is 0. The van der Waals surface area contributed by atoms with Crippen LogP contribution in [0.25, 0.3) is 28.7 Å². The first kappa shape index (κ1) is 17.2. The van der Waals surface area contributed by atoms with Gasteiger partial charge in [0.15, 0.2) is 5.69 Å². The minimum absolute atomic E-state index is 0.00199. The zero-order valence-corrected chi connectivity index (χ0v) is 15.0. The minimum Gasteiger partial charge on any atom is -0.332 e. The van der Waals surface area contributed by atoms with Crippen molar-refractivity contribution in [3.8, 4) is 28.7 Å². The number of rotatable bonds is 4. The van der Waals surface area contributed by atoms with Crippen LogP contribution in [0.4, 0.5) is 4.39 Å². The number of hydrogen-bond donors (Lipinski definition) is 0. The molecule has 4 rings (SSSR count). The van der Waals surface area contributed by atoms with Gasteiger partial charge in [-0.1, -0.05) is 23.4 Å². The van der Waals surface area contributed by atoms with Gasteiger partial charge < -0.3 is 4.52 Å². The normalized spacial score (nSPS) is 10.9. The molecule has 0 aliphatic carbocycles. The van der Waals surface area contributed by atoms with Crippen molar-refractivity contribution in [1.29, 1.82) is 0 Å². The van der Waals surface area contributed by atoms with Crippen LogP contribution in [0.5, 0.6) is 0 Å². The number of hydrogen-bond acceptors (Lipinski definition) is 6. The fourth-order valence-corrected chi connectivity index (χ4v) is 2.98. The fourth-order valence-electron chi connectivity index (χ4n) is 2.52. The SMILES string of the molecule is CSc1cccc(-n2ccc(=O)c(-c3nc(-c4ccccc4F)no3)n2)c1. The number of benzene rings is 2. The smallest absolute Gasteiger partial charge is 0.282 e. The molecule has 134 valence electrons. The van der Waals surface area contributed by atoms with Gasteiger partial charge in [-0.15, -0.1) is 11.8 Å². The monoisotopic (exact) mass is 380 g/mol. The number of thioether (sulfide) groups is 1. The molecule has 2 aromatic heterocycles. The molecule has 0 fully saturated rings. The lowest BCUT2D eigenvalue weighted by Crippen LogP contribution is -2.12. The van der Waals surface area contributed by atoms with E-state index < -0.39 is 5.82 Å². The number of nitrogens with zero attached hydrogens (tertiary/aromatic N) is 4. The molecule has 0 unspecified atom stereocenters. The van der Waals surface area contributed by atoms with Gasteiger partial charge in [0, 0.05) is 17.2 Å². The van der Waals surface area contributed by atoms with E-state index in [0.717, 1.165) is 10.6 Å². The molecular weight excluding hydrogens is 367 g/mol. The maximum atomic E-state index is 13.9. The van der Waals surface area contributed by atoms with E-state index in [1.54, 1.807) is 34.8 Å². The molecule has 0 amide bonds. The Bertz CT molecular complexity index is 1170. The van der Waals surface area contributed by atoms with Crippen molar-refractivity contribution in [3.63, 3.8) is 0 Å². The zero-order valence-electron chi connectivity index (χ0n) is 14.2. The van der Waals surface area contributed by atoms with Crippen LogP contribution in [0.15, 0.2) is 75.0 Å². The second-order valence-corrected chi connectivity index (χ2v) is 6.46. The van der Waals surface area contributed by atoms with E-state index in [0.29, 0.717) is 0 Å². The number of aromatic nitrogens is 4. The third-order valence-corrected chi connectivity index (χ3v) is 4.59. The Morgan fingerprint density at radius 2 is 1.96 bits per heavy atom. The van der Waals surface area contributed by atoms with Gasteiger partial charge in [-0.3, -0.25) is 4.79 Å². The summed E-state index contributed by atoms with van der Waals surface area (Å²) in [4.78, 5) is 17.5. The summed E-state index contributed by atoms with van der Waals surface area (Å²) in [5.41, 5.74) is 0.617. The molecule has 27 heavy (non-hydrogen) atoms. The largest absolute Gasteiger partial charge is 0.332 e. The second-order valence-electron chi connectivity index (χ2n) is 5.58. The summed E-state index contributed by atoms with van der Waals surface area (Å²) in [5, 5.41) is 8.10. The lowest BCUT2D eigenvalue weighted by molar-refractivity contribution is 0.429. The van der Waals surface area contributed by atoms with Crippen molar-refractivity contribution in [2.24, 2.45) is 0 Å². The highest BCUT2D eigenvalue weighted by molar-refractivity contribution is 7.98. The van der Waals surface area contributed by atoms with Crippen LogP contribution < -0.4 is 5.43 Å². The quantitative estimate of drug-likeness (QED) is 0.501. The molecule has 6 nitrogen and oxygen atoms in total. The van der Waals surface area contributed by atoms with E-state index in [9.17, 15) is 9.18 Å². The summed E-state index contributed by atoms with van der Waals surface area (Å²) in [6.07, 6.45) is 3.55. The van der Waals surface area contributed by atoms with Crippen LogP contribution in [-0.4, -0.2) is 26.2 Å². The van der Waals surface area contributed by atoms with Crippen molar-refractivity contribution in [1.82, 2.24) is 19.9 Å². The first-order valence-corrected chi connectivity index (χ1v) is 9.21. The van der Waals surface area contributed by atoms with Crippen molar-refractivity contribution in [3.05, 3.63) is 76.8 Å². The Morgan fingerprint density at radius 3 is 2.78 bits per heavy atom. The maximum Gasteiger partial charge on any atom is 0.282 e. The Morgan fingerprint density at radius 1 is 1.11 bits per heavy atom. The molecule has 0 N–H and O–H groups in total. The molecular formula is C19H13FN4O2S. The van der Waals surface area contributed by atoms with Gasteiger partial charge >= 0.3 is 0 Å². The van der Waals surface area contributed by atoms with E-state index in [1.807, 2.05) is 30.5 Å². The molecule has 0 bridgehead atoms. The summed E-state index contributed by atoms with van der Waals surface area (Å²) < 4.78 is 20.6. The van der Waals surface area contributed by atoms with Gasteiger partial charge in [0.1, 0.15) is 5.82 Å². The van der Waals surface area contributed by atoms with Gasteiger partial charge in [-0.25, -0.2) is 9.07 Å². The molecule has 4 aromatic rings. The zero-order chi connectivity index (χ0) is 18.8. The van der Waals surface area contributed by atoms with Gasteiger partial charge in [0.25, 0.3) is 5.89 Å². The van der Waals surface area contributed by atoms with Crippen LogP contribution in [0.2, 0.25) is 0 Å². The maximum absolute atomic E-state index is 13.9. The summed E-state index contributed by atoms with van der Waals surface area (Å²) in [5.74, 6) is -0.477. The molecule has 0 spiro atoms. The second kappa shape index (κ2) is 7.16. The molecule has 2 heterocycles. The highest BCUT2D eigenvalue weighted by Crippen LogP contribution is 2.22. The Balaban J connectivity index is 1.77. The average molecular weight is 380 g/mol. The predicted molar refractivity (Wildman–Crippen MR) is 100 cm³/mol. The van der Waals surface area contributed by atoms with Gasteiger partial charge in [0.05, 0.1) is 11.3 Å². The van der Waals surface area contributed by atoms with Crippen LogP contribution in [-0.2, 0) is 0 Å². The predicted octanol–water partition coefficient (Wildman–Crippen LogP) is 3.81. The van der Waals surface area contributed by atoms with E-state index >= 15 is 0 Å². The van der Waals surface area contributed by atoms with Crippen LogP contribution >= 0.6 is 11.8 Å². The molecule has 0 saturated carbocycles. The Labute approximate surface area is 157 Å². The fraction of sp³-hybridized carbons (Fsp3) is 0.0526. The van der Waals surface area contributed by atoms with E-state index in [2.05, 4.69) is 15.2 Å². The highest BCUT2D eigenvalue weighted by atomic mass is 32.2. The van der Waals surface area contributed by atoms with Crippen LogP contribution in [0, 0.1) is 5.82 Å². The molecule has 0 radical (unpaired) electrons.